The fourth-order valence-corrected chi connectivity index (χ4v) is 2.88. The molecule has 0 bridgehead atoms. The second-order valence-electron chi connectivity index (χ2n) is 7.37. The number of hydrogen-bond donors (Lipinski definition) is 0. The number of alkyl halides is 3. The minimum atomic E-state index is -4.41. The molecule has 0 N–H and O–H groups in total. The van der Waals surface area contributed by atoms with Gasteiger partial charge in [0.05, 0.1) is 6.04 Å². The van der Waals surface area contributed by atoms with Crippen molar-refractivity contribution in [1.29, 1.82) is 0 Å². The first kappa shape index (κ1) is 17.0. The van der Waals surface area contributed by atoms with Crippen molar-refractivity contribution in [2.75, 3.05) is 6.54 Å². The third-order valence-electron chi connectivity index (χ3n) is 4.32. The average molecular weight is 347 g/mol. The van der Waals surface area contributed by atoms with Crippen molar-refractivity contribution in [3.63, 3.8) is 0 Å². The lowest BCUT2D eigenvalue weighted by molar-refractivity contribution is -0.166. The maximum atomic E-state index is 13.1. The van der Waals surface area contributed by atoms with E-state index in [1.165, 1.54) is 4.90 Å². The van der Waals surface area contributed by atoms with Gasteiger partial charge in [0.25, 0.3) is 0 Å². The fraction of sp³-hybridized carbons (Fsp3) is 0.800. The summed E-state index contributed by atoms with van der Waals surface area (Å²) in [6.45, 7) is 5.71. The summed E-state index contributed by atoms with van der Waals surface area (Å²) in [5.41, 5.74) is -2.66. The van der Waals surface area contributed by atoms with Gasteiger partial charge in [-0.3, -0.25) is 4.90 Å². The molecule has 0 unspecified atom stereocenters. The van der Waals surface area contributed by atoms with Crippen LogP contribution in [-0.2, 0) is 10.2 Å². The van der Waals surface area contributed by atoms with Crippen LogP contribution in [0.15, 0.2) is 4.52 Å². The SMILES string of the molecule is CC(C)(C)OC(=O)N1CCC[C@H]1c1noc(C2(C(F)(F)F)CC2)n1. The van der Waals surface area contributed by atoms with E-state index in [1.807, 2.05) is 0 Å². The molecule has 1 aromatic heterocycles. The highest BCUT2D eigenvalue weighted by Gasteiger charge is 2.68. The van der Waals surface area contributed by atoms with E-state index < -0.39 is 35.2 Å². The van der Waals surface area contributed by atoms with Crippen molar-refractivity contribution in [3.8, 4) is 0 Å². The molecule has 134 valence electrons. The number of hydrogen-bond acceptors (Lipinski definition) is 5. The highest BCUT2D eigenvalue weighted by Crippen LogP contribution is 2.58. The smallest absolute Gasteiger partial charge is 0.410 e. The lowest BCUT2D eigenvalue weighted by atomic mass is 10.1. The normalized spacial score (nSPS) is 23.4. The van der Waals surface area contributed by atoms with Crippen LogP contribution in [0.5, 0.6) is 0 Å². The number of nitrogens with zero attached hydrogens (tertiary/aromatic N) is 3. The molecular formula is C15H20F3N3O3. The summed E-state index contributed by atoms with van der Waals surface area (Å²) >= 11 is 0. The first-order valence-electron chi connectivity index (χ1n) is 7.94. The zero-order chi connectivity index (χ0) is 17.8. The summed E-state index contributed by atoms with van der Waals surface area (Å²) < 4.78 is 49.7. The Morgan fingerprint density at radius 3 is 2.54 bits per heavy atom. The van der Waals surface area contributed by atoms with Gasteiger partial charge < -0.3 is 9.26 Å². The molecule has 1 saturated carbocycles. The summed E-state index contributed by atoms with van der Waals surface area (Å²) in [7, 11) is 0. The number of amides is 1. The van der Waals surface area contributed by atoms with E-state index >= 15 is 0 Å². The van der Waals surface area contributed by atoms with E-state index in [1.54, 1.807) is 20.8 Å². The molecule has 0 aromatic carbocycles. The average Bonchev–Trinajstić information content (AvgIpc) is 2.92. The van der Waals surface area contributed by atoms with Crippen molar-refractivity contribution >= 4 is 6.09 Å². The third kappa shape index (κ3) is 2.95. The van der Waals surface area contributed by atoms with Crippen LogP contribution in [0.4, 0.5) is 18.0 Å². The second kappa shape index (κ2) is 5.35. The van der Waals surface area contributed by atoms with E-state index in [9.17, 15) is 18.0 Å². The second-order valence-corrected chi connectivity index (χ2v) is 7.37. The van der Waals surface area contributed by atoms with Crippen LogP contribution in [0.2, 0.25) is 0 Å². The molecule has 1 aromatic rings. The molecule has 1 aliphatic heterocycles. The lowest BCUT2D eigenvalue weighted by Crippen LogP contribution is -2.36. The van der Waals surface area contributed by atoms with E-state index in [2.05, 4.69) is 10.1 Å². The molecule has 3 rings (SSSR count). The fourth-order valence-electron chi connectivity index (χ4n) is 2.88. The van der Waals surface area contributed by atoms with Gasteiger partial charge in [0, 0.05) is 6.54 Å². The number of ether oxygens (including phenoxy) is 1. The third-order valence-corrected chi connectivity index (χ3v) is 4.32. The molecule has 1 amide bonds. The summed E-state index contributed by atoms with van der Waals surface area (Å²) in [6, 6.07) is -0.513. The number of aromatic nitrogens is 2. The molecule has 1 aliphatic carbocycles. The Morgan fingerprint density at radius 2 is 2.00 bits per heavy atom. The zero-order valence-electron chi connectivity index (χ0n) is 13.8. The van der Waals surface area contributed by atoms with Crippen LogP contribution in [0, 0.1) is 0 Å². The van der Waals surface area contributed by atoms with Gasteiger partial charge in [0.15, 0.2) is 5.82 Å². The predicted molar refractivity (Wildman–Crippen MR) is 76.2 cm³/mol. The van der Waals surface area contributed by atoms with Gasteiger partial charge in [0.2, 0.25) is 5.89 Å². The minimum absolute atomic E-state index is 0.0431. The molecular weight excluding hydrogens is 327 g/mol. The Hall–Kier alpha value is -1.80. The molecule has 24 heavy (non-hydrogen) atoms. The Balaban J connectivity index is 1.79. The van der Waals surface area contributed by atoms with Gasteiger partial charge in [-0.15, -0.1) is 0 Å². The molecule has 0 spiro atoms. The van der Waals surface area contributed by atoms with Gasteiger partial charge in [0.1, 0.15) is 11.0 Å². The van der Waals surface area contributed by atoms with Crippen molar-refractivity contribution < 1.29 is 27.2 Å². The van der Waals surface area contributed by atoms with Gasteiger partial charge in [-0.25, -0.2) is 4.79 Å². The molecule has 6 nitrogen and oxygen atoms in total. The standard InChI is InChI=1S/C15H20F3N3O3/c1-13(2,3)23-12(22)21-8-4-5-9(21)10-19-11(24-20-10)14(6-7-14)15(16,17)18/h9H,4-8H2,1-3H3/t9-/m0/s1. The van der Waals surface area contributed by atoms with E-state index in [4.69, 9.17) is 9.26 Å². The topological polar surface area (TPSA) is 68.5 Å². The highest BCUT2D eigenvalue weighted by molar-refractivity contribution is 5.69. The van der Waals surface area contributed by atoms with Gasteiger partial charge in [-0.1, -0.05) is 5.16 Å². The Labute approximate surface area is 137 Å². The van der Waals surface area contributed by atoms with Crippen LogP contribution in [0.25, 0.3) is 0 Å². The maximum Gasteiger partial charge on any atom is 0.410 e. The van der Waals surface area contributed by atoms with Crippen molar-refractivity contribution in [2.24, 2.45) is 0 Å². The Morgan fingerprint density at radius 1 is 1.33 bits per heavy atom. The predicted octanol–water partition coefficient (Wildman–Crippen LogP) is 3.74. The molecule has 2 fully saturated rings. The van der Waals surface area contributed by atoms with Crippen molar-refractivity contribution in [3.05, 3.63) is 11.7 Å². The maximum absolute atomic E-state index is 13.1. The van der Waals surface area contributed by atoms with Crippen molar-refractivity contribution in [2.45, 2.75) is 69.7 Å². The summed E-state index contributed by atoms with van der Waals surface area (Å²) in [5.74, 6) is -0.287. The van der Waals surface area contributed by atoms with Gasteiger partial charge in [-0.05, 0) is 46.5 Å². The van der Waals surface area contributed by atoms with Crippen LogP contribution in [0.1, 0.15) is 64.2 Å². The summed E-state index contributed by atoms with van der Waals surface area (Å²) in [5, 5.41) is 3.71. The summed E-state index contributed by atoms with van der Waals surface area (Å²) in [6.07, 6.45) is -3.74. The van der Waals surface area contributed by atoms with Crippen LogP contribution in [0.3, 0.4) is 0 Å². The van der Waals surface area contributed by atoms with Crippen LogP contribution in [-0.4, -0.2) is 39.5 Å². The van der Waals surface area contributed by atoms with Crippen LogP contribution < -0.4 is 0 Å². The Bertz CT molecular complexity index is 632. The minimum Gasteiger partial charge on any atom is -0.444 e. The van der Waals surface area contributed by atoms with E-state index in [-0.39, 0.29) is 18.7 Å². The van der Waals surface area contributed by atoms with Crippen molar-refractivity contribution in [1.82, 2.24) is 15.0 Å². The molecule has 9 heteroatoms. The number of halogens is 3. The highest BCUT2D eigenvalue weighted by atomic mass is 19.4. The lowest BCUT2D eigenvalue weighted by Gasteiger charge is -2.27. The molecule has 2 heterocycles. The first-order chi connectivity index (χ1) is 11.0. The number of carbonyl (C=O) groups is 1. The monoisotopic (exact) mass is 347 g/mol. The number of rotatable bonds is 2. The number of carbonyl (C=O) groups excluding carboxylic acids is 1. The largest absolute Gasteiger partial charge is 0.444 e. The first-order valence-corrected chi connectivity index (χ1v) is 7.94. The molecule has 0 radical (unpaired) electrons. The zero-order valence-corrected chi connectivity index (χ0v) is 13.8. The molecule has 1 atom stereocenters. The van der Waals surface area contributed by atoms with Gasteiger partial charge in [-0.2, -0.15) is 18.2 Å². The number of likely N-dealkylation sites (tertiary alicyclic amines) is 1. The van der Waals surface area contributed by atoms with E-state index in [0.717, 1.165) is 0 Å². The van der Waals surface area contributed by atoms with Crippen LogP contribution >= 0.6 is 0 Å². The molecule has 2 aliphatic rings. The molecule has 1 saturated heterocycles. The van der Waals surface area contributed by atoms with Gasteiger partial charge >= 0.3 is 12.3 Å². The quantitative estimate of drug-likeness (QED) is 0.815. The van der Waals surface area contributed by atoms with E-state index in [0.29, 0.717) is 19.4 Å². The summed E-state index contributed by atoms with van der Waals surface area (Å²) in [4.78, 5) is 17.7. The Kier molecular flexibility index (Phi) is 3.80.